The zero-order valence-corrected chi connectivity index (χ0v) is 14.0. The summed E-state index contributed by atoms with van der Waals surface area (Å²) in [6.07, 6.45) is 3.28. The molecule has 1 fully saturated rings. The molecular formula is C13H26N2O5S. The molecule has 0 bridgehead atoms. The van der Waals surface area contributed by atoms with Gasteiger partial charge in [-0.2, -0.15) is 8.42 Å². The van der Waals surface area contributed by atoms with Gasteiger partial charge in [0.15, 0.2) is 0 Å². The van der Waals surface area contributed by atoms with E-state index in [1.165, 1.54) is 0 Å². The van der Waals surface area contributed by atoms with Crippen molar-refractivity contribution < 1.29 is 22.1 Å². The highest BCUT2D eigenvalue weighted by Crippen LogP contribution is 2.16. The molecule has 0 aromatic carbocycles. The summed E-state index contributed by atoms with van der Waals surface area (Å²) >= 11 is 0. The van der Waals surface area contributed by atoms with Gasteiger partial charge >= 0.3 is 6.09 Å². The molecule has 0 aromatic heterocycles. The number of nitrogens with one attached hydrogen (secondary N) is 1. The molecule has 124 valence electrons. The number of hydrogen-bond donors (Lipinski definition) is 1. The first-order chi connectivity index (χ1) is 9.57. The molecule has 21 heavy (non-hydrogen) atoms. The summed E-state index contributed by atoms with van der Waals surface area (Å²) in [5.41, 5.74) is -0.539. The van der Waals surface area contributed by atoms with Crippen molar-refractivity contribution in [3.05, 3.63) is 0 Å². The van der Waals surface area contributed by atoms with Crippen molar-refractivity contribution in [2.75, 3.05) is 26.0 Å². The maximum Gasteiger partial charge on any atom is 0.408 e. The van der Waals surface area contributed by atoms with Gasteiger partial charge in [0.05, 0.1) is 19.0 Å². The van der Waals surface area contributed by atoms with Crippen molar-refractivity contribution in [2.45, 2.75) is 51.8 Å². The van der Waals surface area contributed by atoms with E-state index in [4.69, 9.17) is 8.92 Å². The minimum atomic E-state index is -3.43. The zero-order valence-electron chi connectivity index (χ0n) is 13.2. The van der Waals surface area contributed by atoms with Gasteiger partial charge in [-0.1, -0.05) is 0 Å². The molecule has 1 amide bonds. The van der Waals surface area contributed by atoms with Crippen LogP contribution in [0, 0.1) is 0 Å². The predicted molar refractivity (Wildman–Crippen MR) is 79.4 cm³/mol. The normalized spacial score (nSPS) is 21.0. The summed E-state index contributed by atoms with van der Waals surface area (Å²) in [5, 5.41) is 2.83. The summed E-state index contributed by atoms with van der Waals surface area (Å²) < 4.78 is 31.9. The summed E-state index contributed by atoms with van der Waals surface area (Å²) in [5.74, 6) is 0. The van der Waals surface area contributed by atoms with Gasteiger partial charge in [0.1, 0.15) is 5.60 Å². The SMILES string of the molecule is CC(C)(C)OC(=O)NC1CCCCN1CCOS(C)(=O)=O. The molecule has 1 aliphatic rings. The Hall–Kier alpha value is -0.860. The molecule has 0 aliphatic carbocycles. The molecular weight excluding hydrogens is 296 g/mol. The van der Waals surface area contributed by atoms with E-state index in [-0.39, 0.29) is 12.8 Å². The summed E-state index contributed by atoms with van der Waals surface area (Å²) in [4.78, 5) is 13.8. The van der Waals surface area contributed by atoms with Crippen LogP contribution in [0.3, 0.4) is 0 Å². The average Bonchev–Trinajstić information content (AvgIpc) is 2.27. The van der Waals surface area contributed by atoms with Crippen molar-refractivity contribution >= 4 is 16.2 Å². The lowest BCUT2D eigenvalue weighted by Gasteiger charge is -2.36. The predicted octanol–water partition coefficient (Wildman–Crippen LogP) is 1.30. The number of piperidine rings is 1. The van der Waals surface area contributed by atoms with E-state index >= 15 is 0 Å². The molecule has 1 unspecified atom stereocenters. The Morgan fingerprint density at radius 2 is 2.00 bits per heavy atom. The first-order valence-electron chi connectivity index (χ1n) is 7.15. The molecule has 1 atom stereocenters. The lowest BCUT2D eigenvalue weighted by molar-refractivity contribution is 0.0346. The van der Waals surface area contributed by atoms with Crippen LogP contribution in [0.2, 0.25) is 0 Å². The van der Waals surface area contributed by atoms with Crippen molar-refractivity contribution in [1.29, 1.82) is 0 Å². The number of amides is 1. The van der Waals surface area contributed by atoms with Crippen LogP contribution in [-0.2, 0) is 19.0 Å². The average molecular weight is 322 g/mol. The van der Waals surface area contributed by atoms with E-state index < -0.39 is 21.8 Å². The second-order valence-corrected chi connectivity index (χ2v) is 7.86. The molecule has 0 saturated carbocycles. The fourth-order valence-corrected chi connectivity index (χ4v) is 2.55. The van der Waals surface area contributed by atoms with Crippen LogP contribution < -0.4 is 5.32 Å². The quantitative estimate of drug-likeness (QED) is 0.768. The first-order valence-corrected chi connectivity index (χ1v) is 8.96. The Balaban J connectivity index is 2.47. The van der Waals surface area contributed by atoms with Gasteiger partial charge in [-0.15, -0.1) is 0 Å². The highest BCUT2D eigenvalue weighted by molar-refractivity contribution is 7.85. The Morgan fingerprint density at radius 3 is 2.57 bits per heavy atom. The number of carbonyl (C=O) groups excluding carboxylic acids is 1. The monoisotopic (exact) mass is 322 g/mol. The van der Waals surface area contributed by atoms with Crippen molar-refractivity contribution in [3.8, 4) is 0 Å². The molecule has 1 heterocycles. The highest BCUT2D eigenvalue weighted by Gasteiger charge is 2.26. The van der Waals surface area contributed by atoms with Crippen molar-refractivity contribution in [1.82, 2.24) is 10.2 Å². The molecule has 8 heteroatoms. The lowest BCUT2D eigenvalue weighted by atomic mass is 10.1. The van der Waals surface area contributed by atoms with Gasteiger partial charge < -0.3 is 10.1 Å². The van der Waals surface area contributed by atoms with Crippen LogP contribution in [0.25, 0.3) is 0 Å². The van der Waals surface area contributed by atoms with Crippen LogP contribution in [0.1, 0.15) is 40.0 Å². The molecule has 7 nitrogen and oxygen atoms in total. The minimum Gasteiger partial charge on any atom is -0.444 e. The number of rotatable bonds is 5. The van der Waals surface area contributed by atoms with E-state index in [1.54, 1.807) is 0 Å². The summed E-state index contributed by atoms with van der Waals surface area (Å²) in [7, 11) is -3.43. The molecule has 1 aliphatic heterocycles. The summed E-state index contributed by atoms with van der Waals surface area (Å²) in [6, 6.07) is 0. The van der Waals surface area contributed by atoms with E-state index in [0.717, 1.165) is 32.1 Å². The Bertz CT molecular complexity index is 444. The third kappa shape index (κ3) is 8.23. The van der Waals surface area contributed by atoms with E-state index in [0.29, 0.717) is 6.54 Å². The van der Waals surface area contributed by atoms with Crippen LogP contribution in [0.5, 0.6) is 0 Å². The van der Waals surface area contributed by atoms with Crippen LogP contribution in [0.15, 0.2) is 0 Å². The number of likely N-dealkylation sites (tertiary alicyclic amines) is 1. The first kappa shape index (κ1) is 18.2. The van der Waals surface area contributed by atoms with Crippen molar-refractivity contribution in [3.63, 3.8) is 0 Å². The number of nitrogens with zero attached hydrogens (tertiary/aromatic N) is 1. The van der Waals surface area contributed by atoms with Gasteiger partial charge in [0.2, 0.25) is 0 Å². The van der Waals surface area contributed by atoms with Crippen LogP contribution in [-0.4, -0.2) is 57.1 Å². The number of ether oxygens (including phenoxy) is 1. The maximum atomic E-state index is 11.8. The largest absolute Gasteiger partial charge is 0.444 e. The third-order valence-electron chi connectivity index (χ3n) is 2.97. The van der Waals surface area contributed by atoms with Gasteiger partial charge in [-0.05, 0) is 40.0 Å². The molecule has 0 radical (unpaired) electrons. The van der Waals surface area contributed by atoms with E-state index in [2.05, 4.69) is 5.32 Å². The number of carbonyl (C=O) groups is 1. The van der Waals surface area contributed by atoms with Gasteiger partial charge in [0.25, 0.3) is 10.1 Å². The summed E-state index contributed by atoms with van der Waals surface area (Å²) in [6.45, 7) is 6.77. The van der Waals surface area contributed by atoms with Gasteiger partial charge in [-0.25, -0.2) is 4.79 Å². The van der Waals surface area contributed by atoms with Crippen LogP contribution in [0.4, 0.5) is 4.79 Å². The second kappa shape index (κ2) is 7.42. The molecule has 1 rings (SSSR count). The molecule has 1 saturated heterocycles. The third-order valence-corrected chi connectivity index (χ3v) is 3.57. The van der Waals surface area contributed by atoms with E-state index in [1.807, 2.05) is 25.7 Å². The Labute approximate surface area is 127 Å². The smallest absolute Gasteiger partial charge is 0.408 e. The highest BCUT2D eigenvalue weighted by atomic mass is 32.2. The fraction of sp³-hybridized carbons (Fsp3) is 0.923. The van der Waals surface area contributed by atoms with E-state index in [9.17, 15) is 13.2 Å². The maximum absolute atomic E-state index is 11.8. The lowest BCUT2D eigenvalue weighted by Crippen LogP contribution is -2.52. The van der Waals surface area contributed by atoms with Crippen LogP contribution >= 0.6 is 0 Å². The fourth-order valence-electron chi connectivity index (χ4n) is 2.17. The van der Waals surface area contributed by atoms with Gasteiger partial charge in [-0.3, -0.25) is 9.08 Å². The number of alkyl carbamates (subject to hydrolysis) is 1. The Morgan fingerprint density at radius 1 is 1.33 bits per heavy atom. The molecule has 0 aromatic rings. The van der Waals surface area contributed by atoms with Gasteiger partial charge in [0, 0.05) is 13.1 Å². The Kier molecular flexibility index (Phi) is 6.42. The number of hydrogen-bond acceptors (Lipinski definition) is 6. The minimum absolute atomic E-state index is 0.0886. The van der Waals surface area contributed by atoms with Crippen molar-refractivity contribution in [2.24, 2.45) is 0 Å². The topological polar surface area (TPSA) is 84.9 Å². The zero-order chi connectivity index (χ0) is 16.1. The molecule has 0 spiro atoms. The standard InChI is InChI=1S/C13H26N2O5S/c1-13(2,3)20-12(16)14-11-7-5-6-8-15(11)9-10-19-21(4,17)18/h11H,5-10H2,1-4H3,(H,14,16). The second-order valence-electron chi connectivity index (χ2n) is 6.22. The molecule has 1 N–H and O–H groups in total.